The summed E-state index contributed by atoms with van der Waals surface area (Å²) in [5, 5.41) is 4.17. The zero-order valence-corrected chi connectivity index (χ0v) is 12.9. The Morgan fingerprint density at radius 1 is 1.40 bits per heavy atom. The molecule has 2 aliphatic heterocycles. The van der Waals surface area contributed by atoms with Gasteiger partial charge < -0.3 is 14.8 Å². The Morgan fingerprint density at radius 2 is 2.15 bits per heavy atom. The molecular weight excluding hydrogens is 274 g/mol. The van der Waals surface area contributed by atoms with E-state index in [4.69, 9.17) is 21.1 Å². The number of piperidine rings is 1. The van der Waals surface area contributed by atoms with Gasteiger partial charge in [-0.15, -0.1) is 0 Å². The summed E-state index contributed by atoms with van der Waals surface area (Å²) in [6.07, 6.45) is 3.10. The lowest BCUT2D eigenvalue weighted by Gasteiger charge is -2.45. The molecule has 1 fully saturated rings. The summed E-state index contributed by atoms with van der Waals surface area (Å²) in [5.74, 6) is 0.987. The van der Waals surface area contributed by atoms with Gasteiger partial charge in [-0.05, 0) is 57.5 Å². The highest BCUT2D eigenvalue weighted by atomic mass is 35.5. The molecule has 0 amide bonds. The highest BCUT2D eigenvalue weighted by molar-refractivity contribution is 6.30. The first-order valence-electron chi connectivity index (χ1n) is 7.45. The molecule has 0 radical (unpaired) electrons. The van der Waals surface area contributed by atoms with Gasteiger partial charge in [0.15, 0.2) is 0 Å². The SMILES string of the molecule is CCOC1CC2(CCNCC2)Oc2c(C)cc(Cl)cc21. The van der Waals surface area contributed by atoms with E-state index in [2.05, 4.69) is 12.2 Å². The fourth-order valence-electron chi connectivity index (χ4n) is 3.38. The van der Waals surface area contributed by atoms with Crippen LogP contribution >= 0.6 is 11.6 Å². The van der Waals surface area contributed by atoms with Crippen molar-refractivity contribution in [2.45, 2.75) is 44.8 Å². The average Bonchev–Trinajstić information content (AvgIpc) is 2.42. The van der Waals surface area contributed by atoms with Crippen LogP contribution in [0.4, 0.5) is 0 Å². The molecule has 1 spiro atoms. The Bertz CT molecular complexity index is 497. The van der Waals surface area contributed by atoms with Crippen LogP contribution in [0.25, 0.3) is 0 Å². The van der Waals surface area contributed by atoms with Gasteiger partial charge in [-0.2, -0.15) is 0 Å². The predicted octanol–water partition coefficient (Wildman–Crippen LogP) is 3.63. The molecule has 3 nitrogen and oxygen atoms in total. The van der Waals surface area contributed by atoms with Crippen molar-refractivity contribution in [3.63, 3.8) is 0 Å². The normalized spacial score (nSPS) is 24.2. The maximum atomic E-state index is 6.44. The van der Waals surface area contributed by atoms with E-state index >= 15 is 0 Å². The number of aryl methyl sites for hydroxylation is 1. The Hall–Kier alpha value is -0.770. The van der Waals surface area contributed by atoms with Gasteiger partial charge in [0, 0.05) is 23.6 Å². The second kappa shape index (κ2) is 5.55. The molecule has 1 saturated heterocycles. The van der Waals surface area contributed by atoms with Crippen molar-refractivity contribution in [1.82, 2.24) is 5.32 Å². The van der Waals surface area contributed by atoms with E-state index < -0.39 is 0 Å². The molecule has 2 heterocycles. The van der Waals surface area contributed by atoms with Crippen LogP contribution in [-0.4, -0.2) is 25.3 Å². The number of hydrogen-bond donors (Lipinski definition) is 1. The second-order valence-electron chi connectivity index (χ2n) is 5.82. The van der Waals surface area contributed by atoms with Gasteiger partial charge in [-0.1, -0.05) is 11.6 Å². The molecule has 1 unspecified atom stereocenters. The highest BCUT2D eigenvalue weighted by Crippen LogP contribution is 2.47. The summed E-state index contributed by atoms with van der Waals surface area (Å²) in [6.45, 7) is 6.85. The monoisotopic (exact) mass is 295 g/mol. The Kier molecular flexibility index (Phi) is 3.93. The Labute approximate surface area is 125 Å². The molecule has 110 valence electrons. The number of rotatable bonds is 2. The Balaban J connectivity index is 2.00. The molecule has 3 rings (SSSR count). The third-order valence-electron chi connectivity index (χ3n) is 4.37. The molecule has 0 aromatic heterocycles. The van der Waals surface area contributed by atoms with Crippen LogP contribution in [0.2, 0.25) is 5.02 Å². The van der Waals surface area contributed by atoms with Crippen molar-refractivity contribution < 1.29 is 9.47 Å². The van der Waals surface area contributed by atoms with Crippen molar-refractivity contribution in [2.24, 2.45) is 0 Å². The van der Waals surface area contributed by atoms with Gasteiger partial charge in [0.25, 0.3) is 0 Å². The van der Waals surface area contributed by atoms with Crippen LogP contribution in [0, 0.1) is 6.92 Å². The Morgan fingerprint density at radius 3 is 2.85 bits per heavy atom. The van der Waals surface area contributed by atoms with Crippen LogP contribution in [0.15, 0.2) is 12.1 Å². The largest absolute Gasteiger partial charge is 0.486 e. The number of halogens is 1. The van der Waals surface area contributed by atoms with Crippen molar-refractivity contribution in [2.75, 3.05) is 19.7 Å². The van der Waals surface area contributed by atoms with E-state index in [1.165, 1.54) is 0 Å². The highest BCUT2D eigenvalue weighted by Gasteiger charge is 2.42. The van der Waals surface area contributed by atoms with Crippen LogP contribution < -0.4 is 10.1 Å². The van der Waals surface area contributed by atoms with E-state index in [0.29, 0.717) is 6.61 Å². The molecule has 1 aromatic rings. The standard InChI is InChI=1S/C16H22ClNO2/c1-3-19-14-10-16(4-6-18-7-5-16)20-15-11(2)8-12(17)9-13(14)15/h8-9,14,18H,3-7,10H2,1-2H3. The summed E-state index contributed by atoms with van der Waals surface area (Å²) in [6, 6.07) is 3.97. The number of nitrogens with one attached hydrogen (secondary N) is 1. The smallest absolute Gasteiger partial charge is 0.128 e. The quantitative estimate of drug-likeness (QED) is 0.904. The number of benzene rings is 1. The molecule has 1 atom stereocenters. The summed E-state index contributed by atoms with van der Waals surface area (Å²) < 4.78 is 12.4. The molecule has 2 aliphatic rings. The molecular formula is C16H22ClNO2. The lowest BCUT2D eigenvalue weighted by molar-refractivity contribution is -0.0593. The number of ether oxygens (including phenoxy) is 2. The maximum Gasteiger partial charge on any atom is 0.128 e. The van der Waals surface area contributed by atoms with Crippen LogP contribution in [0.5, 0.6) is 5.75 Å². The van der Waals surface area contributed by atoms with E-state index in [9.17, 15) is 0 Å². The predicted molar refractivity (Wildman–Crippen MR) is 80.6 cm³/mol. The molecule has 1 N–H and O–H groups in total. The van der Waals surface area contributed by atoms with Gasteiger partial charge >= 0.3 is 0 Å². The first-order valence-corrected chi connectivity index (χ1v) is 7.83. The summed E-state index contributed by atoms with van der Waals surface area (Å²) in [4.78, 5) is 0. The van der Waals surface area contributed by atoms with Crippen LogP contribution in [-0.2, 0) is 4.74 Å². The zero-order valence-electron chi connectivity index (χ0n) is 12.2. The maximum absolute atomic E-state index is 6.44. The average molecular weight is 296 g/mol. The molecule has 20 heavy (non-hydrogen) atoms. The van der Waals surface area contributed by atoms with E-state index in [-0.39, 0.29) is 11.7 Å². The number of fused-ring (bicyclic) bond motifs is 1. The minimum Gasteiger partial charge on any atom is -0.486 e. The van der Waals surface area contributed by atoms with Gasteiger partial charge in [-0.25, -0.2) is 0 Å². The fourth-order valence-corrected chi connectivity index (χ4v) is 3.66. The first-order chi connectivity index (χ1) is 9.63. The minimum absolute atomic E-state index is 0.0727. The summed E-state index contributed by atoms with van der Waals surface area (Å²) in [5.41, 5.74) is 2.15. The molecule has 1 aromatic carbocycles. The topological polar surface area (TPSA) is 30.5 Å². The zero-order chi connectivity index (χ0) is 14.2. The fraction of sp³-hybridized carbons (Fsp3) is 0.625. The van der Waals surface area contributed by atoms with Gasteiger partial charge in [0.1, 0.15) is 11.4 Å². The van der Waals surface area contributed by atoms with Crippen molar-refractivity contribution in [3.8, 4) is 5.75 Å². The first kappa shape index (κ1) is 14.2. The van der Waals surface area contributed by atoms with E-state index in [1.54, 1.807) is 0 Å². The van der Waals surface area contributed by atoms with Gasteiger partial charge in [0.2, 0.25) is 0 Å². The lowest BCUT2D eigenvalue weighted by Crippen LogP contribution is -2.49. The molecule has 0 aliphatic carbocycles. The summed E-state index contributed by atoms with van der Waals surface area (Å²) in [7, 11) is 0. The van der Waals surface area contributed by atoms with Gasteiger partial charge in [0.05, 0.1) is 6.10 Å². The van der Waals surface area contributed by atoms with Crippen LogP contribution in [0.3, 0.4) is 0 Å². The van der Waals surface area contributed by atoms with E-state index in [0.717, 1.165) is 54.3 Å². The van der Waals surface area contributed by atoms with Gasteiger partial charge in [-0.3, -0.25) is 0 Å². The second-order valence-corrected chi connectivity index (χ2v) is 6.26. The van der Waals surface area contributed by atoms with Crippen molar-refractivity contribution >= 4 is 11.6 Å². The van der Waals surface area contributed by atoms with Crippen molar-refractivity contribution in [1.29, 1.82) is 0 Å². The molecule has 0 saturated carbocycles. The number of hydrogen-bond acceptors (Lipinski definition) is 3. The molecule has 4 heteroatoms. The summed E-state index contributed by atoms with van der Waals surface area (Å²) >= 11 is 6.20. The van der Waals surface area contributed by atoms with Crippen LogP contribution in [0.1, 0.15) is 43.4 Å². The minimum atomic E-state index is -0.0727. The molecule has 0 bridgehead atoms. The van der Waals surface area contributed by atoms with Crippen molar-refractivity contribution in [3.05, 3.63) is 28.3 Å². The lowest BCUT2D eigenvalue weighted by atomic mass is 9.81. The third kappa shape index (κ3) is 2.54. The van der Waals surface area contributed by atoms with E-state index in [1.807, 2.05) is 19.1 Å². The third-order valence-corrected chi connectivity index (χ3v) is 4.59.